The Labute approximate surface area is 101 Å². The van der Waals surface area contributed by atoms with Gasteiger partial charge in [0, 0.05) is 17.3 Å². The van der Waals surface area contributed by atoms with Crippen molar-refractivity contribution >= 4 is 11.8 Å². The molecule has 0 amide bonds. The lowest BCUT2D eigenvalue weighted by atomic mass is 10.1. The fourth-order valence-electron chi connectivity index (χ4n) is 2.12. The van der Waals surface area contributed by atoms with E-state index in [1.165, 1.54) is 24.3 Å². The molecule has 0 bridgehead atoms. The van der Waals surface area contributed by atoms with Crippen LogP contribution < -0.4 is 5.32 Å². The average Bonchev–Trinajstić information content (AvgIpc) is 2.65. The van der Waals surface area contributed by atoms with Gasteiger partial charge in [-0.1, -0.05) is 19.1 Å². The maximum Gasteiger partial charge on any atom is 0.123 e. The number of halogens is 1. The normalized spacial score (nSPS) is 26.9. The molecule has 1 nitrogen and oxygen atoms in total. The van der Waals surface area contributed by atoms with Crippen molar-refractivity contribution in [2.24, 2.45) is 0 Å². The van der Waals surface area contributed by atoms with Gasteiger partial charge in [-0.25, -0.2) is 4.39 Å². The smallest absolute Gasteiger partial charge is 0.123 e. The van der Waals surface area contributed by atoms with Gasteiger partial charge in [0.25, 0.3) is 0 Å². The lowest BCUT2D eigenvalue weighted by Gasteiger charge is -2.22. The largest absolute Gasteiger partial charge is 0.306 e. The van der Waals surface area contributed by atoms with E-state index >= 15 is 0 Å². The molecule has 2 unspecified atom stereocenters. The molecule has 1 aromatic carbocycles. The van der Waals surface area contributed by atoms with E-state index in [2.05, 4.69) is 19.2 Å². The van der Waals surface area contributed by atoms with Crippen molar-refractivity contribution in [1.29, 1.82) is 0 Å². The minimum atomic E-state index is -0.166. The molecular weight excluding hydrogens is 221 g/mol. The van der Waals surface area contributed by atoms with Gasteiger partial charge in [-0.15, -0.1) is 0 Å². The third-order valence-electron chi connectivity index (χ3n) is 3.21. The summed E-state index contributed by atoms with van der Waals surface area (Å²) in [6.45, 7) is 4.41. The molecule has 1 heterocycles. The second-order valence-corrected chi connectivity index (χ2v) is 5.90. The zero-order valence-corrected chi connectivity index (χ0v) is 10.6. The van der Waals surface area contributed by atoms with E-state index in [9.17, 15) is 4.39 Å². The molecule has 0 aliphatic carbocycles. The molecular formula is C13H18FNS. The predicted octanol–water partition coefficient (Wildman–Crippen LogP) is 3.37. The molecule has 88 valence electrons. The Morgan fingerprint density at radius 3 is 2.62 bits per heavy atom. The van der Waals surface area contributed by atoms with Gasteiger partial charge in [0.1, 0.15) is 5.82 Å². The zero-order chi connectivity index (χ0) is 11.5. The molecule has 1 aliphatic rings. The fourth-order valence-corrected chi connectivity index (χ4v) is 3.33. The van der Waals surface area contributed by atoms with Crippen molar-refractivity contribution in [3.05, 3.63) is 35.6 Å². The molecule has 0 radical (unpaired) electrons. The van der Waals surface area contributed by atoms with Crippen molar-refractivity contribution in [2.45, 2.75) is 37.6 Å². The molecule has 0 aromatic heterocycles. The summed E-state index contributed by atoms with van der Waals surface area (Å²) in [6.07, 6.45) is 1.23. The highest BCUT2D eigenvalue weighted by atomic mass is 32.2. The Morgan fingerprint density at radius 2 is 2.06 bits per heavy atom. The molecule has 1 aromatic rings. The van der Waals surface area contributed by atoms with Crippen LogP contribution in [0.15, 0.2) is 24.3 Å². The first-order valence-electron chi connectivity index (χ1n) is 5.80. The maximum atomic E-state index is 12.8. The Morgan fingerprint density at radius 1 is 1.38 bits per heavy atom. The standard InChI is InChI=1S/C13H18FNS/c1-9(11-3-5-12(14)6-4-11)15-13-7-8-16-10(13)2/h3-6,9-10,13,15H,7-8H2,1-2H3/t9-,10?,13?/m0/s1. The third kappa shape index (κ3) is 2.77. The first-order chi connectivity index (χ1) is 7.66. The van der Waals surface area contributed by atoms with Crippen LogP contribution in [0.1, 0.15) is 31.9 Å². The molecule has 2 rings (SSSR count). The maximum absolute atomic E-state index is 12.8. The number of rotatable bonds is 3. The van der Waals surface area contributed by atoms with Crippen LogP contribution in [0.2, 0.25) is 0 Å². The van der Waals surface area contributed by atoms with Gasteiger partial charge in [0.05, 0.1) is 0 Å². The van der Waals surface area contributed by atoms with Crippen LogP contribution in [-0.4, -0.2) is 17.0 Å². The Hall–Kier alpha value is -0.540. The molecule has 3 atom stereocenters. The molecule has 1 saturated heterocycles. The monoisotopic (exact) mass is 239 g/mol. The second-order valence-electron chi connectivity index (χ2n) is 4.41. The summed E-state index contributed by atoms with van der Waals surface area (Å²) in [6, 6.07) is 7.66. The summed E-state index contributed by atoms with van der Waals surface area (Å²) in [7, 11) is 0. The summed E-state index contributed by atoms with van der Waals surface area (Å²) in [5.74, 6) is 1.08. The van der Waals surface area contributed by atoms with Gasteiger partial charge in [-0.3, -0.25) is 0 Å². The highest BCUT2D eigenvalue weighted by Gasteiger charge is 2.25. The van der Waals surface area contributed by atoms with Gasteiger partial charge in [0.15, 0.2) is 0 Å². The van der Waals surface area contributed by atoms with Gasteiger partial charge in [-0.2, -0.15) is 11.8 Å². The number of benzene rings is 1. The molecule has 0 saturated carbocycles. The molecule has 3 heteroatoms. The van der Waals surface area contributed by atoms with E-state index in [1.54, 1.807) is 0 Å². The third-order valence-corrected chi connectivity index (χ3v) is 4.54. The lowest BCUT2D eigenvalue weighted by Crippen LogP contribution is -2.35. The van der Waals surface area contributed by atoms with E-state index in [-0.39, 0.29) is 5.82 Å². The van der Waals surface area contributed by atoms with Crippen molar-refractivity contribution in [2.75, 3.05) is 5.75 Å². The van der Waals surface area contributed by atoms with Crippen molar-refractivity contribution in [1.82, 2.24) is 5.32 Å². The summed E-state index contributed by atoms with van der Waals surface area (Å²) in [5.41, 5.74) is 1.16. The second kappa shape index (κ2) is 5.19. The summed E-state index contributed by atoms with van der Waals surface area (Å²) in [4.78, 5) is 0. The topological polar surface area (TPSA) is 12.0 Å². The Balaban J connectivity index is 1.97. The van der Waals surface area contributed by atoms with Crippen LogP contribution in [0.5, 0.6) is 0 Å². The minimum Gasteiger partial charge on any atom is -0.306 e. The van der Waals surface area contributed by atoms with Crippen molar-refractivity contribution in [3.8, 4) is 0 Å². The van der Waals surface area contributed by atoms with Crippen LogP contribution in [0, 0.1) is 5.82 Å². The van der Waals surface area contributed by atoms with Crippen molar-refractivity contribution < 1.29 is 4.39 Å². The molecule has 1 fully saturated rings. The molecule has 1 N–H and O–H groups in total. The van der Waals surface area contributed by atoms with Gasteiger partial charge in [0.2, 0.25) is 0 Å². The summed E-state index contributed by atoms with van der Waals surface area (Å²) >= 11 is 2.02. The predicted molar refractivity (Wildman–Crippen MR) is 68.3 cm³/mol. The highest BCUT2D eigenvalue weighted by Crippen LogP contribution is 2.28. The summed E-state index contributed by atoms with van der Waals surface area (Å²) in [5, 5.41) is 4.30. The quantitative estimate of drug-likeness (QED) is 0.868. The average molecular weight is 239 g/mol. The van der Waals surface area contributed by atoms with Crippen LogP contribution in [-0.2, 0) is 0 Å². The number of nitrogens with one attached hydrogen (secondary N) is 1. The first kappa shape index (κ1) is 11.9. The highest BCUT2D eigenvalue weighted by molar-refractivity contribution is 8.00. The van der Waals surface area contributed by atoms with E-state index in [0.717, 1.165) is 5.56 Å². The van der Waals surface area contributed by atoms with E-state index < -0.39 is 0 Å². The van der Waals surface area contributed by atoms with E-state index in [0.29, 0.717) is 17.3 Å². The minimum absolute atomic E-state index is 0.166. The van der Waals surface area contributed by atoms with Gasteiger partial charge >= 0.3 is 0 Å². The molecule has 1 aliphatic heterocycles. The molecule has 0 spiro atoms. The Kier molecular flexibility index (Phi) is 3.87. The zero-order valence-electron chi connectivity index (χ0n) is 9.74. The van der Waals surface area contributed by atoms with Crippen LogP contribution >= 0.6 is 11.8 Å². The van der Waals surface area contributed by atoms with Gasteiger partial charge < -0.3 is 5.32 Å². The number of hydrogen-bond donors (Lipinski definition) is 1. The lowest BCUT2D eigenvalue weighted by molar-refractivity contribution is 0.453. The Bertz CT molecular complexity index is 338. The van der Waals surface area contributed by atoms with E-state index in [4.69, 9.17) is 0 Å². The number of thioether (sulfide) groups is 1. The fraction of sp³-hybridized carbons (Fsp3) is 0.538. The van der Waals surface area contributed by atoms with E-state index in [1.807, 2.05) is 23.9 Å². The van der Waals surface area contributed by atoms with Crippen LogP contribution in [0.4, 0.5) is 4.39 Å². The van der Waals surface area contributed by atoms with Crippen LogP contribution in [0.3, 0.4) is 0 Å². The van der Waals surface area contributed by atoms with Crippen LogP contribution in [0.25, 0.3) is 0 Å². The van der Waals surface area contributed by atoms with Crippen molar-refractivity contribution in [3.63, 3.8) is 0 Å². The SMILES string of the molecule is CC1SCCC1N[C@@H](C)c1ccc(F)cc1. The summed E-state index contributed by atoms with van der Waals surface area (Å²) < 4.78 is 12.8. The van der Waals surface area contributed by atoms with Gasteiger partial charge in [-0.05, 0) is 36.8 Å². The molecule has 16 heavy (non-hydrogen) atoms. The number of hydrogen-bond acceptors (Lipinski definition) is 2. The first-order valence-corrected chi connectivity index (χ1v) is 6.85.